The van der Waals surface area contributed by atoms with Crippen molar-refractivity contribution in [1.29, 1.82) is 0 Å². The highest BCUT2D eigenvalue weighted by atomic mass is 15.6. The van der Waals surface area contributed by atoms with Gasteiger partial charge in [-0.3, -0.25) is 10.0 Å². The van der Waals surface area contributed by atoms with Crippen molar-refractivity contribution in [1.82, 2.24) is 0 Å². The largest absolute Gasteiger partial charge is 0.285 e. The fourth-order valence-electron chi connectivity index (χ4n) is 4.10. The molecule has 1 saturated heterocycles. The van der Waals surface area contributed by atoms with Gasteiger partial charge in [-0.2, -0.15) is 0 Å². The normalized spacial score (nSPS) is 24.9. The van der Waals surface area contributed by atoms with Gasteiger partial charge in [0.1, 0.15) is 0 Å². The molecule has 2 fully saturated rings. The molecule has 0 amide bonds. The summed E-state index contributed by atoms with van der Waals surface area (Å²) in [5.41, 5.74) is 2.63. The lowest BCUT2D eigenvalue weighted by molar-refractivity contribution is 0.213. The summed E-state index contributed by atoms with van der Waals surface area (Å²) in [6.45, 7) is 2.31. The van der Waals surface area contributed by atoms with E-state index in [9.17, 15) is 0 Å². The lowest BCUT2D eigenvalue weighted by Gasteiger charge is -2.50. The number of para-hydroxylation sites is 2. The molecule has 0 radical (unpaired) electrons. The lowest BCUT2D eigenvalue weighted by Crippen LogP contribution is -2.55. The van der Waals surface area contributed by atoms with Gasteiger partial charge in [0.05, 0.1) is 11.4 Å². The second-order valence-corrected chi connectivity index (χ2v) is 6.64. The van der Waals surface area contributed by atoms with Crippen LogP contribution in [0.25, 0.3) is 0 Å². The number of hydrazine groups is 1. The Kier molecular flexibility index (Phi) is 3.75. The molecule has 2 aromatic carbocycles. The molecule has 0 spiro atoms. The van der Waals surface area contributed by atoms with Gasteiger partial charge in [-0.15, -0.1) is 0 Å². The van der Waals surface area contributed by atoms with E-state index in [4.69, 9.17) is 0 Å². The van der Waals surface area contributed by atoms with Gasteiger partial charge < -0.3 is 0 Å². The summed E-state index contributed by atoms with van der Waals surface area (Å²) in [6, 6.07) is 21.7. The number of rotatable bonds is 2. The predicted octanol–water partition coefficient (Wildman–Crippen LogP) is 4.73. The zero-order chi connectivity index (χ0) is 14.8. The maximum Gasteiger partial charge on any atom is 0.0574 e. The molecule has 2 atom stereocenters. The first-order valence-electron chi connectivity index (χ1n) is 8.57. The monoisotopic (exact) mass is 292 g/mol. The van der Waals surface area contributed by atoms with Crippen molar-refractivity contribution in [3.63, 3.8) is 0 Å². The molecule has 22 heavy (non-hydrogen) atoms. The van der Waals surface area contributed by atoms with E-state index in [1.54, 1.807) is 0 Å². The molecule has 114 valence electrons. The topological polar surface area (TPSA) is 6.48 Å². The predicted molar refractivity (Wildman–Crippen MR) is 93.0 cm³/mol. The summed E-state index contributed by atoms with van der Waals surface area (Å²) < 4.78 is 0. The van der Waals surface area contributed by atoms with Crippen molar-refractivity contribution in [3.8, 4) is 0 Å². The minimum Gasteiger partial charge on any atom is -0.285 e. The first-order valence-corrected chi connectivity index (χ1v) is 8.57. The molecule has 1 saturated carbocycles. The van der Waals surface area contributed by atoms with Crippen molar-refractivity contribution in [2.45, 2.75) is 25.7 Å². The third-order valence-electron chi connectivity index (χ3n) is 5.28. The molecule has 1 aliphatic carbocycles. The van der Waals surface area contributed by atoms with Crippen LogP contribution in [-0.4, -0.2) is 13.1 Å². The van der Waals surface area contributed by atoms with Gasteiger partial charge in [-0.1, -0.05) is 49.2 Å². The average Bonchev–Trinajstić information content (AvgIpc) is 2.62. The third kappa shape index (κ3) is 2.58. The van der Waals surface area contributed by atoms with E-state index in [1.807, 2.05) is 0 Å². The van der Waals surface area contributed by atoms with E-state index < -0.39 is 0 Å². The number of benzene rings is 2. The summed E-state index contributed by atoms with van der Waals surface area (Å²) in [5.74, 6) is 1.71. The SMILES string of the molecule is c1ccc(N2CC3CCCCC3CN2c2ccccc2)cc1. The van der Waals surface area contributed by atoms with Crippen LogP contribution in [0.1, 0.15) is 25.7 Å². The summed E-state index contributed by atoms with van der Waals surface area (Å²) in [6.07, 6.45) is 5.62. The van der Waals surface area contributed by atoms with E-state index in [0.717, 1.165) is 24.9 Å². The molecule has 0 N–H and O–H groups in total. The number of nitrogens with zero attached hydrogens (tertiary/aromatic N) is 2. The van der Waals surface area contributed by atoms with Gasteiger partial charge in [-0.05, 0) is 48.9 Å². The molecule has 0 aromatic heterocycles. The van der Waals surface area contributed by atoms with Gasteiger partial charge in [0.25, 0.3) is 0 Å². The Morgan fingerprint density at radius 3 is 1.41 bits per heavy atom. The first kappa shape index (κ1) is 13.7. The number of fused-ring (bicyclic) bond motifs is 1. The average molecular weight is 292 g/mol. The number of hydrogen-bond donors (Lipinski definition) is 0. The maximum absolute atomic E-state index is 2.50. The van der Waals surface area contributed by atoms with Crippen LogP contribution in [-0.2, 0) is 0 Å². The van der Waals surface area contributed by atoms with Crippen LogP contribution in [0.4, 0.5) is 11.4 Å². The van der Waals surface area contributed by atoms with Crippen molar-refractivity contribution in [2.75, 3.05) is 23.1 Å². The summed E-state index contributed by atoms with van der Waals surface area (Å²) >= 11 is 0. The first-order chi connectivity index (χ1) is 10.9. The summed E-state index contributed by atoms with van der Waals surface area (Å²) in [7, 11) is 0. The third-order valence-corrected chi connectivity index (χ3v) is 5.28. The van der Waals surface area contributed by atoms with Crippen LogP contribution in [0.2, 0.25) is 0 Å². The standard InChI is InChI=1S/C20H24N2/c1-3-11-19(12-4-1)21-15-17-9-7-8-10-18(17)16-22(21)20-13-5-2-6-14-20/h1-6,11-14,17-18H,7-10,15-16H2. The minimum absolute atomic E-state index is 0.855. The molecule has 0 bridgehead atoms. The fraction of sp³-hybridized carbons (Fsp3) is 0.400. The Balaban J connectivity index is 1.68. The fourth-order valence-corrected chi connectivity index (χ4v) is 4.10. The van der Waals surface area contributed by atoms with Crippen molar-refractivity contribution < 1.29 is 0 Å². The molecule has 1 heterocycles. The Bertz CT molecular complexity index is 540. The Morgan fingerprint density at radius 1 is 0.591 bits per heavy atom. The number of anilines is 2. The Morgan fingerprint density at radius 2 is 1.00 bits per heavy atom. The molecule has 2 aliphatic rings. The van der Waals surface area contributed by atoms with Crippen LogP contribution in [0, 0.1) is 11.8 Å². The van der Waals surface area contributed by atoms with Crippen LogP contribution in [0.3, 0.4) is 0 Å². The number of hydrogen-bond acceptors (Lipinski definition) is 2. The van der Waals surface area contributed by atoms with Gasteiger partial charge >= 0.3 is 0 Å². The quantitative estimate of drug-likeness (QED) is 0.789. The maximum atomic E-state index is 2.50. The Hall–Kier alpha value is -1.96. The van der Waals surface area contributed by atoms with Crippen molar-refractivity contribution in [2.24, 2.45) is 11.8 Å². The highest BCUT2D eigenvalue weighted by molar-refractivity contribution is 5.58. The van der Waals surface area contributed by atoms with Gasteiger partial charge in [0.15, 0.2) is 0 Å². The van der Waals surface area contributed by atoms with Crippen LogP contribution >= 0.6 is 0 Å². The van der Waals surface area contributed by atoms with E-state index in [0.29, 0.717) is 0 Å². The van der Waals surface area contributed by atoms with Gasteiger partial charge in [0.2, 0.25) is 0 Å². The molecule has 2 heteroatoms. The second-order valence-electron chi connectivity index (χ2n) is 6.64. The second kappa shape index (κ2) is 6.04. The van der Waals surface area contributed by atoms with Gasteiger partial charge in [-0.25, -0.2) is 0 Å². The zero-order valence-electron chi connectivity index (χ0n) is 13.1. The Labute approximate surface area is 133 Å². The summed E-state index contributed by atoms with van der Waals surface area (Å²) in [4.78, 5) is 0. The highest BCUT2D eigenvalue weighted by Crippen LogP contribution is 2.38. The molecule has 2 aromatic rings. The van der Waals surface area contributed by atoms with Crippen LogP contribution in [0.5, 0.6) is 0 Å². The molecule has 4 rings (SSSR count). The van der Waals surface area contributed by atoms with Crippen LogP contribution in [0.15, 0.2) is 60.7 Å². The smallest absolute Gasteiger partial charge is 0.0574 e. The molecular weight excluding hydrogens is 268 g/mol. The van der Waals surface area contributed by atoms with Crippen molar-refractivity contribution in [3.05, 3.63) is 60.7 Å². The zero-order valence-corrected chi connectivity index (χ0v) is 13.1. The lowest BCUT2D eigenvalue weighted by atomic mass is 9.77. The van der Waals surface area contributed by atoms with E-state index in [1.165, 1.54) is 37.1 Å². The van der Waals surface area contributed by atoms with E-state index in [2.05, 4.69) is 70.7 Å². The molecule has 2 nitrogen and oxygen atoms in total. The summed E-state index contributed by atoms with van der Waals surface area (Å²) in [5, 5.41) is 5.00. The van der Waals surface area contributed by atoms with Crippen LogP contribution < -0.4 is 10.0 Å². The minimum atomic E-state index is 0.855. The van der Waals surface area contributed by atoms with E-state index >= 15 is 0 Å². The molecule has 1 aliphatic heterocycles. The van der Waals surface area contributed by atoms with Crippen molar-refractivity contribution >= 4 is 11.4 Å². The van der Waals surface area contributed by atoms with Gasteiger partial charge in [0, 0.05) is 13.1 Å². The highest BCUT2D eigenvalue weighted by Gasteiger charge is 2.35. The molecule has 2 unspecified atom stereocenters. The van der Waals surface area contributed by atoms with E-state index in [-0.39, 0.29) is 0 Å². The molecular formula is C20H24N2.